The highest BCUT2D eigenvalue weighted by molar-refractivity contribution is 7.39. The van der Waals surface area contributed by atoms with Crippen LogP contribution in [0.4, 0.5) is 0 Å². The monoisotopic (exact) mass is 376 g/mol. The second-order valence-corrected chi connectivity index (χ2v) is 9.69. The first-order chi connectivity index (χ1) is 12.2. The van der Waals surface area contributed by atoms with E-state index >= 15 is 0 Å². The average molecular weight is 377 g/mol. The molecule has 3 aromatic heterocycles. The fraction of sp³-hybridized carbons (Fsp3) is 0.0909. The first-order valence-corrected chi connectivity index (χ1v) is 10.7. The number of benzene rings is 2. The zero-order valence-corrected chi connectivity index (χ0v) is 16.4. The van der Waals surface area contributed by atoms with Crippen LogP contribution in [0.3, 0.4) is 0 Å². The maximum atomic E-state index is 2.25. The van der Waals surface area contributed by atoms with Crippen molar-refractivity contribution in [2.45, 2.75) is 13.8 Å². The van der Waals surface area contributed by atoms with E-state index in [0.717, 1.165) is 0 Å². The number of hydrogen-bond acceptors (Lipinski definition) is 3. The zero-order valence-electron chi connectivity index (χ0n) is 14.0. The Labute approximate surface area is 159 Å². The molecule has 0 aliphatic rings. The van der Waals surface area contributed by atoms with Gasteiger partial charge in [0.15, 0.2) is 0 Å². The molecule has 0 saturated heterocycles. The molecule has 0 fully saturated rings. The van der Waals surface area contributed by atoms with Gasteiger partial charge in [0.2, 0.25) is 0 Å². The van der Waals surface area contributed by atoms with Gasteiger partial charge in [-0.3, -0.25) is 0 Å². The van der Waals surface area contributed by atoms with Gasteiger partial charge in [0, 0.05) is 20.9 Å². The number of thiophene rings is 3. The molecule has 0 unspecified atom stereocenters. The molecule has 0 nitrogen and oxygen atoms in total. The van der Waals surface area contributed by atoms with Crippen molar-refractivity contribution in [2.24, 2.45) is 0 Å². The van der Waals surface area contributed by atoms with Gasteiger partial charge in [-0.15, -0.1) is 34.0 Å². The summed E-state index contributed by atoms with van der Waals surface area (Å²) < 4.78 is 5.83. The molecule has 0 amide bonds. The van der Waals surface area contributed by atoms with Crippen molar-refractivity contribution < 1.29 is 0 Å². The molecule has 0 spiro atoms. The van der Waals surface area contributed by atoms with Gasteiger partial charge >= 0.3 is 0 Å². The van der Waals surface area contributed by atoms with Gasteiger partial charge < -0.3 is 0 Å². The normalized spacial score (nSPS) is 11.6. The van der Waals surface area contributed by atoms with Crippen molar-refractivity contribution in [1.82, 2.24) is 0 Å². The summed E-state index contributed by atoms with van der Waals surface area (Å²) in [5.41, 5.74) is 5.51. The lowest BCUT2D eigenvalue weighted by molar-refractivity contribution is 1.60. The summed E-state index contributed by atoms with van der Waals surface area (Å²) in [5, 5.41) is 0. The standard InChI is InChI=1S/C22H16S3/c1-13-17(15-9-5-3-6-10-15)19-21(23-13)22-20(25-19)18(14(2)24-22)16-11-7-4-8-12-16/h3-12H,1-2H3. The van der Waals surface area contributed by atoms with E-state index in [0.29, 0.717) is 0 Å². The number of aryl methyl sites for hydroxylation is 2. The SMILES string of the molecule is Cc1sc2c(sc3c(-c4ccccc4)c(C)sc32)c1-c1ccccc1. The molecule has 5 rings (SSSR count). The van der Waals surface area contributed by atoms with Crippen LogP contribution in [0.5, 0.6) is 0 Å². The second kappa shape index (κ2) is 5.80. The van der Waals surface area contributed by atoms with E-state index in [2.05, 4.69) is 74.5 Å². The second-order valence-electron chi connectivity index (χ2n) is 6.22. The molecule has 0 aliphatic heterocycles. The number of fused-ring (bicyclic) bond motifs is 3. The Kier molecular flexibility index (Phi) is 3.56. The molecule has 3 heteroatoms. The summed E-state index contributed by atoms with van der Waals surface area (Å²) in [7, 11) is 0. The van der Waals surface area contributed by atoms with Crippen LogP contribution < -0.4 is 0 Å². The van der Waals surface area contributed by atoms with Gasteiger partial charge in [-0.05, 0) is 25.0 Å². The van der Waals surface area contributed by atoms with E-state index in [1.807, 2.05) is 34.0 Å². The Morgan fingerprint density at radius 1 is 0.480 bits per heavy atom. The highest BCUT2D eigenvalue weighted by Gasteiger charge is 2.21. The van der Waals surface area contributed by atoms with Gasteiger partial charge in [0.1, 0.15) is 0 Å². The molecular formula is C22H16S3. The minimum Gasteiger partial charge on any atom is -0.137 e. The van der Waals surface area contributed by atoms with Gasteiger partial charge in [0.05, 0.1) is 18.8 Å². The predicted molar refractivity (Wildman–Crippen MR) is 115 cm³/mol. The van der Waals surface area contributed by atoms with E-state index in [1.165, 1.54) is 50.8 Å². The summed E-state index contributed by atoms with van der Waals surface area (Å²) in [4.78, 5) is 2.84. The fourth-order valence-electron chi connectivity index (χ4n) is 3.52. The van der Waals surface area contributed by atoms with Crippen molar-refractivity contribution in [2.75, 3.05) is 0 Å². The Morgan fingerprint density at radius 2 is 0.880 bits per heavy atom. The molecule has 25 heavy (non-hydrogen) atoms. The molecule has 5 aromatic rings. The molecule has 0 atom stereocenters. The highest BCUT2D eigenvalue weighted by Crippen LogP contribution is 2.52. The molecular weight excluding hydrogens is 360 g/mol. The molecule has 0 aliphatic carbocycles. The van der Waals surface area contributed by atoms with E-state index < -0.39 is 0 Å². The number of hydrogen-bond donors (Lipinski definition) is 0. The van der Waals surface area contributed by atoms with E-state index in [9.17, 15) is 0 Å². The first kappa shape index (κ1) is 15.3. The summed E-state index contributed by atoms with van der Waals surface area (Å²) in [6.07, 6.45) is 0. The van der Waals surface area contributed by atoms with Crippen LogP contribution in [-0.2, 0) is 0 Å². The van der Waals surface area contributed by atoms with Crippen LogP contribution in [0.15, 0.2) is 60.7 Å². The molecule has 122 valence electrons. The van der Waals surface area contributed by atoms with Crippen molar-refractivity contribution in [3.63, 3.8) is 0 Å². The van der Waals surface area contributed by atoms with Crippen LogP contribution in [-0.4, -0.2) is 0 Å². The zero-order chi connectivity index (χ0) is 17.0. The van der Waals surface area contributed by atoms with Crippen LogP contribution in [0, 0.1) is 13.8 Å². The highest BCUT2D eigenvalue weighted by atomic mass is 32.1. The third-order valence-electron chi connectivity index (χ3n) is 4.62. The molecule has 0 saturated carbocycles. The van der Waals surface area contributed by atoms with Crippen LogP contribution in [0.2, 0.25) is 0 Å². The predicted octanol–water partition coefficient (Wildman–Crippen LogP) is 8.13. The lowest BCUT2D eigenvalue weighted by atomic mass is 10.1. The van der Waals surface area contributed by atoms with Crippen molar-refractivity contribution in [3.05, 3.63) is 70.4 Å². The van der Waals surface area contributed by atoms with E-state index in [-0.39, 0.29) is 0 Å². The maximum Gasteiger partial charge on any atom is 0.0639 e. The van der Waals surface area contributed by atoms with Crippen LogP contribution in [0.25, 0.3) is 41.1 Å². The topological polar surface area (TPSA) is 0 Å². The molecule has 0 bridgehead atoms. The number of rotatable bonds is 2. The van der Waals surface area contributed by atoms with Gasteiger partial charge in [-0.2, -0.15) is 0 Å². The first-order valence-electron chi connectivity index (χ1n) is 8.30. The van der Waals surface area contributed by atoms with Crippen molar-refractivity contribution in [1.29, 1.82) is 0 Å². The summed E-state index contributed by atoms with van der Waals surface area (Å²) in [6.45, 7) is 4.51. The van der Waals surface area contributed by atoms with Crippen LogP contribution >= 0.6 is 34.0 Å². The summed E-state index contributed by atoms with van der Waals surface area (Å²) >= 11 is 5.86. The van der Waals surface area contributed by atoms with Crippen molar-refractivity contribution in [3.8, 4) is 22.3 Å². The molecule has 0 N–H and O–H groups in total. The van der Waals surface area contributed by atoms with Crippen molar-refractivity contribution >= 4 is 52.8 Å². The van der Waals surface area contributed by atoms with Gasteiger partial charge in [-0.1, -0.05) is 60.7 Å². The van der Waals surface area contributed by atoms with Gasteiger partial charge in [-0.25, -0.2) is 0 Å². The summed E-state index contributed by atoms with van der Waals surface area (Å²) in [6, 6.07) is 21.6. The molecule has 2 aromatic carbocycles. The fourth-order valence-corrected chi connectivity index (χ4v) is 7.91. The molecule has 3 heterocycles. The summed E-state index contributed by atoms with van der Waals surface area (Å²) in [5.74, 6) is 0. The van der Waals surface area contributed by atoms with E-state index in [4.69, 9.17) is 0 Å². The van der Waals surface area contributed by atoms with Gasteiger partial charge in [0.25, 0.3) is 0 Å². The third kappa shape index (κ3) is 2.30. The largest absolute Gasteiger partial charge is 0.137 e. The lowest BCUT2D eigenvalue weighted by Gasteiger charge is -2.01. The Hall–Kier alpha value is -1.94. The minimum absolute atomic E-state index is 1.33. The lowest BCUT2D eigenvalue weighted by Crippen LogP contribution is -1.76. The Morgan fingerprint density at radius 3 is 1.28 bits per heavy atom. The molecule has 0 radical (unpaired) electrons. The smallest absolute Gasteiger partial charge is 0.0639 e. The Bertz CT molecular complexity index is 1090. The van der Waals surface area contributed by atoms with E-state index in [1.54, 1.807) is 0 Å². The maximum absolute atomic E-state index is 2.25. The van der Waals surface area contributed by atoms with Crippen LogP contribution in [0.1, 0.15) is 9.75 Å². The average Bonchev–Trinajstić information content (AvgIpc) is 3.23. The third-order valence-corrected chi connectivity index (χ3v) is 8.47. The quantitative estimate of drug-likeness (QED) is 0.292. The minimum atomic E-state index is 1.33. The Balaban J connectivity index is 1.84.